The summed E-state index contributed by atoms with van der Waals surface area (Å²) in [4.78, 5) is 8.57. The second kappa shape index (κ2) is 5.45. The standard InChI is InChI=1S/C15H25N3O/c1-10-5-12(8-15(3,4)7-10)19-9-14-17-11(2)6-13(16)18-14/h6,10,12H,5,7-9H2,1-4H3,(H2,16,17,18). The van der Waals surface area contributed by atoms with Crippen molar-refractivity contribution in [3.8, 4) is 0 Å². The average Bonchev–Trinajstić information content (AvgIpc) is 2.22. The van der Waals surface area contributed by atoms with Crippen molar-refractivity contribution < 1.29 is 4.74 Å². The molecule has 1 aromatic rings. The van der Waals surface area contributed by atoms with Gasteiger partial charge in [-0.1, -0.05) is 20.8 Å². The molecule has 2 atom stereocenters. The second-order valence-electron chi connectivity index (χ2n) is 6.70. The number of hydrogen-bond acceptors (Lipinski definition) is 4. The molecule has 2 unspecified atom stereocenters. The molecule has 4 heteroatoms. The number of anilines is 1. The number of nitrogen functional groups attached to an aromatic ring is 1. The van der Waals surface area contributed by atoms with E-state index >= 15 is 0 Å². The summed E-state index contributed by atoms with van der Waals surface area (Å²) in [5, 5.41) is 0. The Morgan fingerprint density at radius 2 is 2.11 bits per heavy atom. The van der Waals surface area contributed by atoms with E-state index in [1.54, 1.807) is 6.07 Å². The number of nitrogens with zero attached hydrogens (tertiary/aromatic N) is 2. The molecule has 1 fully saturated rings. The van der Waals surface area contributed by atoms with Crippen molar-refractivity contribution in [3.05, 3.63) is 17.6 Å². The summed E-state index contributed by atoms with van der Waals surface area (Å²) < 4.78 is 6.00. The topological polar surface area (TPSA) is 61.0 Å². The van der Waals surface area contributed by atoms with E-state index in [2.05, 4.69) is 30.7 Å². The lowest BCUT2D eigenvalue weighted by atomic mass is 9.71. The van der Waals surface area contributed by atoms with Crippen LogP contribution in [0.1, 0.15) is 51.6 Å². The van der Waals surface area contributed by atoms with Gasteiger partial charge in [-0.2, -0.15) is 0 Å². The molecule has 0 radical (unpaired) electrons. The van der Waals surface area contributed by atoms with Crippen molar-refractivity contribution in [2.75, 3.05) is 5.73 Å². The molecule has 0 aliphatic heterocycles. The number of aromatic nitrogens is 2. The molecule has 106 valence electrons. The van der Waals surface area contributed by atoms with Crippen molar-refractivity contribution in [1.29, 1.82) is 0 Å². The predicted octanol–water partition coefficient (Wildman–Crippen LogP) is 3.10. The third kappa shape index (κ3) is 4.16. The largest absolute Gasteiger partial charge is 0.384 e. The van der Waals surface area contributed by atoms with Gasteiger partial charge in [-0.3, -0.25) is 0 Å². The predicted molar refractivity (Wildman–Crippen MR) is 76.6 cm³/mol. The summed E-state index contributed by atoms with van der Waals surface area (Å²) >= 11 is 0. The summed E-state index contributed by atoms with van der Waals surface area (Å²) in [6, 6.07) is 1.77. The van der Waals surface area contributed by atoms with Gasteiger partial charge < -0.3 is 10.5 Å². The van der Waals surface area contributed by atoms with Crippen LogP contribution >= 0.6 is 0 Å². The van der Waals surface area contributed by atoms with E-state index in [9.17, 15) is 0 Å². The molecule has 19 heavy (non-hydrogen) atoms. The van der Waals surface area contributed by atoms with Crippen molar-refractivity contribution in [1.82, 2.24) is 9.97 Å². The summed E-state index contributed by atoms with van der Waals surface area (Å²) in [6.45, 7) is 9.32. The maximum absolute atomic E-state index is 6.00. The van der Waals surface area contributed by atoms with Crippen molar-refractivity contribution in [2.45, 2.75) is 59.7 Å². The number of aryl methyl sites for hydroxylation is 1. The van der Waals surface area contributed by atoms with Gasteiger partial charge in [0.1, 0.15) is 12.4 Å². The number of nitrogens with two attached hydrogens (primary N) is 1. The first-order chi connectivity index (χ1) is 8.84. The quantitative estimate of drug-likeness (QED) is 0.910. The Labute approximate surface area is 115 Å². The van der Waals surface area contributed by atoms with Crippen LogP contribution in [0.5, 0.6) is 0 Å². The molecule has 2 N–H and O–H groups in total. The zero-order valence-corrected chi connectivity index (χ0v) is 12.4. The monoisotopic (exact) mass is 263 g/mol. The first kappa shape index (κ1) is 14.3. The fraction of sp³-hybridized carbons (Fsp3) is 0.733. The smallest absolute Gasteiger partial charge is 0.156 e. The molecule has 1 heterocycles. The van der Waals surface area contributed by atoms with Crippen LogP contribution in [0.2, 0.25) is 0 Å². The lowest BCUT2D eigenvalue weighted by Crippen LogP contribution is -2.32. The zero-order valence-electron chi connectivity index (χ0n) is 12.4. The highest BCUT2D eigenvalue weighted by Gasteiger charge is 2.32. The summed E-state index contributed by atoms with van der Waals surface area (Å²) in [7, 11) is 0. The van der Waals surface area contributed by atoms with E-state index in [1.807, 2.05) is 6.92 Å². The van der Waals surface area contributed by atoms with E-state index < -0.39 is 0 Å². The molecular formula is C15H25N3O. The Morgan fingerprint density at radius 3 is 2.74 bits per heavy atom. The second-order valence-corrected chi connectivity index (χ2v) is 6.70. The number of hydrogen-bond donors (Lipinski definition) is 1. The highest BCUT2D eigenvalue weighted by molar-refractivity contribution is 5.28. The molecule has 0 bridgehead atoms. The van der Waals surface area contributed by atoms with Gasteiger partial charge in [0.15, 0.2) is 5.82 Å². The van der Waals surface area contributed by atoms with Gasteiger partial charge in [-0.15, -0.1) is 0 Å². The van der Waals surface area contributed by atoms with E-state index in [0.717, 1.165) is 24.5 Å². The first-order valence-electron chi connectivity index (χ1n) is 7.06. The van der Waals surface area contributed by atoms with E-state index in [1.165, 1.54) is 6.42 Å². The Morgan fingerprint density at radius 1 is 1.37 bits per heavy atom. The Bertz CT molecular complexity index is 425. The molecule has 4 nitrogen and oxygen atoms in total. The van der Waals surface area contributed by atoms with Crippen molar-refractivity contribution in [3.63, 3.8) is 0 Å². The van der Waals surface area contributed by atoms with Gasteiger partial charge in [-0.25, -0.2) is 9.97 Å². The van der Waals surface area contributed by atoms with Gasteiger partial charge >= 0.3 is 0 Å². The van der Waals surface area contributed by atoms with Crippen molar-refractivity contribution >= 4 is 5.82 Å². The lowest BCUT2D eigenvalue weighted by molar-refractivity contribution is -0.0338. The maximum atomic E-state index is 6.00. The fourth-order valence-electron chi connectivity index (χ4n) is 3.30. The zero-order chi connectivity index (χ0) is 14.0. The van der Waals surface area contributed by atoms with Gasteiger partial charge in [-0.05, 0) is 37.5 Å². The van der Waals surface area contributed by atoms with Crippen molar-refractivity contribution in [2.24, 2.45) is 11.3 Å². The van der Waals surface area contributed by atoms with Gasteiger partial charge in [0.2, 0.25) is 0 Å². The molecule has 0 spiro atoms. The van der Waals surface area contributed by atoms with Gasteiger partial charge in [0.25, 0.3) is 0 Å². The molecule has 1 aliphatic carbocycles. The van der Waals surface area contributed by atoms with Crippen LogP contribution in [-0.4, -0.2) is 16.1 Å². The Hall–Kier alpha value is -1.16. The lowest BCUT2D eigenvalue weighted by Gasteiger charge is -2.38. The molecule has 2 rings (SSSR count). The number of rotatable bonds is 3. The van der Waals surface area contributed by atoms with Crippen LogP contribution in [-0.2, 0) is 11.3 Å². The fourth-order valence-corrected chi connectivity index (χ4v) is 3.30. The summed E-state index contributed by atoms with van der Waals surface area (Å²) in [5.41, 5.74) is 6.99. The molecule has 1 saturated carbocycles. The van der Waals surface area contributed by atoms with Gasteiger partial charge in [0.05, 0.1) is 6.10 Å². The molecular weight excluding hydrogens is 238 g/mol. The van der Waals surface area contributed by atoms with Crippen LogP contribution in [0.15, 0.2) is 6.07 Å². The minimum atomic E-state index is 0.309. The SMILES string of the molecule is Cc1cc(N)nc(COC2CC(C)CC(C)(C)C2)n1. The third-order valence-electron chi connectivity index (χ3n) is 3.72. The molecule has 0 amide bonds. The first-order valence-corrected chi connectivity index (χ1v) is 7.06. The maximum Gasteiger partial charge on any atom is 0.156 e. The van der Waals surface area contributed by atoms with E-state index in [-0.39, 0.29) is 0 Å². The normalized spacial score (nSPS) is 26.3. The third-order valence-corrected chi connectivity index (χ3v) is 3.72. The number of ether oxygens (including phenoxy) is 1. The minimum absolute atomic E-state index is 0.309. The summed E-state index contributed by atoms with van der Waals surface area (Å²) in [6.07, 6.45) is 3.83. The van der Waals surface area contributed by atoms with Crippen LogP contribution < -0.4 is 5.73 Å². The van der Waals surface area contributed by atoms with Crippen LogP contribution in [0, 0.1) is 18.3 Å². The molecule has 0 saturated heterocycles. The highest BCUT2D eigenvalue weighted by atomic mass is 16.5. The Balaban J connectivity index is 1.94. The molecule has 0 aromatic carbocycles. The molecule has 1 aromatic heterocycles. The minimum Gasteiger partial charge on any atom is -0.384 e. The Kier molecular flexibility index (Phi) is 4.09. The van der Waals surface area contributed by atoms with Crippen LogP contribution in [0.3, 0.4) is 0 Å². The van der Waals surface area contributed by atoms with Gasteiger partial charge in [0, 0.05) is 11.8 Å². The van der Waals surface area contributed by atoms with E-state index in [0.29, 0.717) is 29.8 Å². The average molecular weight is 263 g/mol. The highest BCUT2D eigenvalue weighted by Crippen LogP contribution is 2.39. The van der Waals surface area contributed by atoms with Crippen LogP contribution in [0.4, 0.5) is 5.82 Å². The van der Waals surface area contributed by atoms with Crippen LogP contribution in [0.25, 0.3) is 0 Å². The summed E-state index contributed by atoms with van der Waals surface area (Å²) in [5.74, 6) is 1.93. The molecule has 1 aliphatic rings. The van der Waals surface area contributed by atoms with E-state index in [4.69, 9.17) is 10.5 Å².